The van der Waals surface area contributed by atoms with Crippen molar-refractivity contribution in [1.29, 1.82) is 0 Å². The molecule has 0 bridgehead atoms. The highest BCUT2D eigenvalue weighted by Gasteiger charge is 2.16. The van der Waals surface area contributed by atoms with Crippen molar-refractivity contribution in [3.05, 3.63) is 66.2 Å². The number of sulfonamides is 1. The zero-order valence-electron chi connectivity index (χ0n) is 14.2. The monoisotopic (exact) mass is 371 g/mol. The minimum absolute atomic E-state index is 0.0391. The SMILES string of the molecule is CNS(=O)(=O)c1ccc(C)c(C(=O)Nc2ccc(-n3cncn3)cc2)c1. The van der Waals surface area contributed by atoms with Crippen molar-refractivity contribution in [2.45, 2.75) is 11.8 Å². The molecule has 0 saturated carbocycles. The normalized spacial score (nSPS) is 11.3. The van der Waals surface area contributed by atoms with Gasteiger partial charge in [-0.05, 0) is 55.9 Å². The second kappa shape index (κ2) is 7.06. The molecule has 0 radical (unpaired) electrons. The summed E-state index contributed by atoms with van der Waals surface area (Å²) in [5, 5.41) is 6.80. The summed E-state index contributed by atoms with van der Waals surface area (Å²) in [4.78, 5) is 16.5. The first-order valence-corrected chi connectivity index (χ1v) is 9.19. The van der Waals surface area contributed by atoms with Crippen molar-refractivity contribution < 1.29 is 13.2 Å². The molecule has 0 atom stereocenters. The van der Waals surface area contributed by atoms with E-state index in [1.165, 1.54) is 25.5 Å². The van der Waals surface area contributed by atoms with Crippen molar-refractivity contribution in [2.75, 3.05) is 12.4 Å². The van der Waals surface area contributed by atoms with E-state index in [0.29, 0.717) is 16.8 Å². The van der Waals surface area contributed by atoms with Gasteiger partial charge in [-0.2, -0.15) is 5.10 Å². The first-order chi connectivity index (χ1) is 12.4. The number of aromatic nitrogens is 3. The van der Waals surface area contributed by atoms with Crippen molar-refractivity contribution in [3.63, 3.8) is 0 Å². The number of nitrogens with zero attached hydrogens (tertiary/aromatic N) is 3. The Labute approximate surface area is 150 Å². The van der Waals surface area contributed by atoms with Gasteiger partial charge < -0.3 is 5.32 Å². The summed E-state index contributed by atoms with van der Waals surface area (Å²) in [6.45, 7) is 1.75. The van der Waals surface area contributed by atoms with Crippen molar-refractivity contribution in [1.82, 2.24) is 19.5 Å². The molecular weight excluding hydrogens is 354 g/mol. The summed E-state index contributed by atoms with van der Waals surface area (Å²) >= 11 is 0. The lowest BCUT2D eigenvalue weighted by atomic mass is 10.1. The molecular formula is C17H17N5O3S. The first-order valence-electron chi connectivity index (χ1n) is 7.71. The van der Waals surface area contributed by atoms with Crippen LogP contribution in [-0.2, 0) is 10.0 Å². The average Bonchev–Trinajstić information content (AvgIpc) is 3.17. The molecule has 0 aliphatic rings. The summed E-state index contributed by atoms with van der Waals surface area (Å²) in [5.41, 5.74) is 2.36. The predicted molar refractivity (Wildman–Crippen MR) is 96.7 cm³/mol. The number of benzene rings is 2. The smallest absolute Gasteiger partial charge is 0.255 e. The van der Waals surface area contributed by atoms with Gasteiger partial charge in [0.1, 0.15) is 12.7 Å². The summed E-state index contributed by atoms with van der Waals surface area (Å²) in [6, 6.07) is 11.5. The Hall–Kier alpha value is -3.04. The highest BCUT2D eigenvalue weighted by atomic mass is 32.2. The minimum Gasteiger partial charge on any atom is -0.322 e. The van der Waals surface area contributed by atoms with Crippen LogP contribution in [0.4, 0.5) is 5.69 Å². The van der Waals surface area contributed by atoms with Crippen LogP contribution in [0.1, 0.15) is 15.9 Å². The highest BCUT2D eigenvalue weighted by Crippen LogP contribution is 2.18. The molecule has 3 aromatic rings. The molecule has 134 valence electrons. The third-order valence-electron chi connectivity index (χ3n) is 3.84. The van der Waals surface area contributed by atoms with Gasteiger partial charge in [-0.3, -0.25) is 4.79 Å². The molecule has 0 aliphatic carbocycles. The maximum absolute atomic E-state index is 12.6. The van der Waals surface area contributed by atoms with Gasteiger partial charge in [0.15, 0.2) is 0 Å². The van der Waals surface area contributed by atoms with Crippen LogP contribution in [0.25, 0.3) is 5.69 Å². The van der Waals surface area contributed by atoms with Crippen LogP contribution in [0.5, 0.6) is 0 Å². The van der Waals surface area contributed by atoms with Gasteiger partial charge in [-0.25, -0.2) is 22.8 Å². The number of nitrogens with one attached hydrogen (secondary N) is 2. The van der Waals surface area contributed by atoms with Gasteiger partial charge in [0.05, 0.1) is 10.6 Å². The quantitative estimate of drug-likeness (QED) is 0.710. The molecule has 26 heavy (non-hydrogen) atoms. The molecule has 1 heterocycles. The van der Waals surface area contributed by atoms with Crippen LogP contribution in [0.3, 0.4) is 0 Å². The fourth-order valence-corrected chi connectivity index (χ4v) is 3.12. The molecule has 1 amide bonds. The zero-order valence-corrected chi connectivity index (χ0v) is 15.0. The summed E-state index contributed by atoms with van der Waals surface area (Å²) in [7, 11) is -2.30. The van der Waals surface area contributed by atoms with Gasteiger partial charge in [-0.15, -0.1) is 0 Å². The molecule has 0 aliphatic heterocycles. The van der Waals surface area contributed by atoms with Gasteiger partial charge in [-0.1, -0.05) is 6.07 Å². The number of carbonyl (C=O) groups is 1. The highest BCUT2D eigenvalue weighted by molar-refractivity contribution is 7.89. The van der Waals surface area contributed by atoms with E-state index in [9.17, 15) is 13.2 Å². The van der Waals surface area contributed by atoms with Crippen LogP contribution in [0.2, 0.25) is 0 Å². The first kappa shape index (κ1) is 17.8. The average molecular weight is 371 g/mol. The van der Waals surface area contributed by atoms with E-state index in [-0.39, 0.29) is 10.8 Å². The maximum atomic E-state index is 12.6. The van der Waals surface area contributed by atoms with Crippen LogP contribution in [0.15, 0.2) is 60.0 Å². The van der Waals surface area contributed by atoms with E-state index in [2.05, 4.69) is 20.1 Å². The Balaban J connectivity index is 1.83. The molecule has 1 aromatic heterocycles. The van der Waals surface area contributed by atoms with E-state index < -0.39 is 10.0 Å². The number of carbonyl (C=O) groups excluding carboxylic acids is 1. The van der Waals surface area contributed by atoms with Crippen LogP contribution in [0, 0.1) is 6.92 Å². The summed E-state index contributed by atoms with van der Waals surface area (Å²) in [6.07, 6.45) is 3.01. The fraction of sp³-hybridized carbons (Fsp3) is 0.118. The van der Waals surface area contributed by atoms with Crippen LogP contribution in [-0.4, -0.2) is 36.1 Å². The number of anilines is 1. The molecule has 0 spiro atoms. The van der Waals surface area contributed by atoms with E-state index in [1.807, 2.05) is 0 Å². The molecule has 3 rings (SSSR count). The van der Waals surface area contributed by atoms with E-state index in [1.54, 1.807) is 48.3 Å². The topological polar surface area (TPSA) is 106 Å². The third-order valence-corrected chi connectivity index (χ3v) is 5.25. The minimum atomic E-state index is -3.62. The van der Waals surface area contributed by atoms with Crippen LogP contribution < -0.4 is 10.0 Å². The van der Waals surface area contributed by atoms with Crippen molar-refractivity contribution >= 4 is 21.6 Å². The lowest BCUT2D eigenvalue weighted by Crippen LogP contribution is -2.20. The van der Waals surface area contributed by atoms with Gasteiger partial charge >= 0.3 is 0 Å². The standard InChI is InChI=1S/C17H17N5O3S/c1-12-3-8-15(26(24,25)18-2)9-16(12)17(23)21-13-4-6-14(7-5-13)22-11-19-10-20-22/h3-11,18H,1-2H3,(H,21,23). The Morgan fingerprint density at radius 3 is 2.46 bits per heavy atom. The fourth-order valence-electron chi connectivity index (χ4n) is 2.37. The van der Waals surface area contributed by atoms with E-state index >= 15 is 0 Å². The Kier molecular flexibility index (Phi) is 4.83. The third kappa shape index (κ3) is 3.63. The van der Waals surface area contributed by atoms with E-state index in [0.717, 1.165) is 5.69 Å². The van der Waals surface area contributed by atoms with Crippen molar-refractivity contribution in [3.8, 4) is 5.69 Å². The molecule has 9 heteroatoms. The molecule has 8 nitrogen and oxygen atoms in total. The Bertz CT molecular complexity index is 1030. The molecule has 0 unspecified atom stereocenters. The number of rotatable bonds is 5. The zero-order chi connectivity index (χ0) is 18.7. The van der Waals surface area contributed by atoms with E-state index in [4.69, 9.17) is 0 Å². The van der Waals surface area contributed by atoms with Crippen molar-refractivity contribution in [2.24, 2.45) is 0 Å². The Morgan fingerprint density at radius 2 is 1.85 bits per heavy atom. The lowest BCUT2D eigenvalue weighted by molar-refractivity contribution is 0.102. The second-order valence-electron chi connectivity index (χ2n) is 5.53. The number of hydrogen-bond donors (Lipinski definition) is 2. The van der Waals surface area contributed by atoms with Gasteiger partial charge in [0, 0.05) is 11.3 Å². The maximum Gasteiger partial charge on any atom is 0.255 e. The predicted octanol–water partition coefficient (Wildman–Crippen LogP) is 1.74. The molecule has 0 saturated heterocycles. The number of aryl methyl sites for hydroxylation is 1. The molecule has 0 fully saturated rings. The summed E-state index contributed by atoms with van der Waals surface area (Å²) in [5.74, 6) is -0.385. The Morgan fingerprint density at radius 1 is 1.12 bits per heavy atom. The largest absolute Gasteiger partial charge is 0.322 e. The molecule has 2 N–H and O–H groups in total. The van der Waals surface area contributed by atoms with Crippen LogP contribution >= 0.6 is 0 Å². The number of hydrogen-bond acceptors (Lipinski definition) is 5. The molecule has 2 aromatic carbocycles. The van der Waals surface area contributed by atoms with Gasteiger partial charge in [0.2, 0.25) is 10.0 Å². The lowest BCUT2D eigenvalue weighted by Gasteiger charge is -2.10. The number of amides is 1. The van der Waals surface area contributed by atoms with Gasteiger partial charge in [0.25, 0.3) is 5.91 Å². The second-order valence-corrected chi connectivity index (χ2v) is 7.41. The summed E-state index contributed by atoms with van der Waals surface area (Å²) < 4.78 is 27.7.